The van der Waals surface area contributed by atoms with Gasteiger partial charge in [0, 0.05) is 61.6 Å². The Kier molecular flexibility index (Phi) is 9.68. The van der Waals surface area contributed by atoms with Gasteiger partial charge in [-0.25, -0.2) is 14.4 Å². The third-order valence-electron chi connectivity index (χ3n) is 7.23. The molecule has 1 aliphatic rings. The van der Waals surface area contributed by atoms with Gasteiger partial charge in [-0.2, -0.15) is 0 Å². The zero-order valence-corrected chi connectivity index (χ0v) is 23.9. The van der Waals surface area contributed by atoms with Crippen LogP contribution in [0.2, 0.25) is 0 Å². The normalized spacial score (nSPS) is 14.0. The molecule has 0 radical (unpaired) electrons. The molecule has 5 rings (SSSR count). The van der Waals surface area contributed by atoms with Crippen LogP contribution >= 0.6 is 0 Å². The van der Waals surface area contributed by atoms with Crippen molar-refractivity contribution in [2.75, 3.05) is 56.5 Å². The van der Waals surface area contributed by atoms with Crippen LogP contribution in [0.25, 0.3) is 22.2 Å². The number of benzene rings is 2. The van der Waals surface area contributed by atoms with E-state index in [-0.39, 0.29) is 11.7 Å². The van der Waals surface area contributed by atoms with Crippen molar-refractivity contribution in [2.45, 2.75) is 19.8 Å². The van der Waals surface area contributed by atoms with Gasteiger partial charge in [0.15, 0.2) is 0 Å². The van der Waals surface area contributed by atoms with E-state index in [4.69, 9.17) is 4.74 Å². The maximum Gasteiger partial charge on any atom is 0.247 e. The van der Waals surface area contributed by atoms with E-state index < -0.39 is 0 Å². The second-order valence-corrected chi connectivity index (χ2v) is 10.2. The highest BCUT2D eigenvalue weighted by Crippen LogP contribution is 2.34. The summed E-state index contributed by atoms with van der Waals surface area (Å²) in [7, 11) is 0. The van der Waals surface area contributed by atoms with Gasteiger partial charge >= 0.3 is 0 Å². The Balaban J connectivity index is 1.32. The van der Waals surface area contributed by atoms with E-state index in [9.17, 15) is 9.18 Å². The van der Waals surface area contributed by atoms with Crippen molar-refractivity contribution in [2.24, 2.45) is 0 Å². The average Bonchev–Trinajstić information content (AvgIpc) is 3.01. The fourth-order valence-electron chi connectivity index (χ4n) is 5.07. The summed E-state index contributed by atoms with van der Waals surface area (Å²) in [6.07, 6.45) is 6.35. The SMILES string of the molecule is C=CC(=O)Nc1cc2c(Nc3ccnc(-c4ccccc4F)c3)ncnc2cc1OCCCN1CCN(CCC)CC1. The lowest BCUT2D eigenvalue weighted by Gasteiger charge is -2.34. The van der Waals surface area contributed by atoms with Gasteiger partial charge in [0.2, 0.25) is 5.91 Å². The van der Waals surface area contributed by atoms with Crippen molar-refractivity contribution in [3.8, 4) is 17.0 Å². The molecular formula is C32H36FN7O2. The van der Waals surface area contributed by atoms with Crippen LogP contribution in [0.4, 0.5) is 21.6 Å². The van der Waals surface area contributed by atoms with Crippen molar-refractivity contribution >= 4 is 34.0 Å². The number of nitrogens with one attached hydrogen (secondary N) is 2. The van der Waals surface area contributed by atoms with Crippen LogP contribution in [0, 0.1) is 5.82 Å². The second-order valence-electron chi connectivity index (χ2n) is 10.2. The van der Waals surface area contributed by atoms with E-state index in [2.05, 4.69) is 48.9 Å². The Morgan fingerprint density at radius 2 is 1.83 bits per heavy atom. The average molecular weight is 570 g/mol. The number of fused-ring (bicyclic) bond motifs is 1. The number of hydrogen-bond acceptors (Lipinski definition) is 8. The summed E-state index contributed by atoms with van der Waals surface area (Å²) >= 11 is 0. The van der Waals surface area contributed by atoms with Gasteiger partial charge < -0.3 is 25.2 Å². The number of rotatable bonds is 12. The maximum atomic E-state index is 14.4. The fraction of sp³-hybridized carbons (Fsp3) is 0.312. The van der Waals surface area contributed by atoms with Crippen molar-refractivity contribution in [3.63, 3.8) is 0 Å². The molecule has 0 bridgehead atoms. The number of carbonyl (C=O) groups is 1. The van der Waals surface area contributed by atoms with Gasteiger partial charge in [0.05, 0.1) is 23.5 Å². The van der Waals surface area contributed by atoms with E-state index in [1.165, 1.54) is 24.9 Å². The molecule has 42 heavy (non-hydrogen) atoms. The quantitative estimate of drug-likeness (QED) is 0.171. The first-order valence-corrected chi connectivity index (χ1v) is 14.3. The summed E-state index contributed by atoms with van der Waals surface area (Å²) in [5, 5.41) is 6.83. The molecule has 1 amide bonds. The van der Waals surface area contributed by atoms with Gasteiger partial charge in [0.1, 0.15) is 23.7 Å². The predicted octanol–water partition coefficient (Wildman–Crippen LogP) is 5.50. The molecular weight excluding hydrogens is 533 g/mol. The number of carbonyl (C=O) groups excluding carboxylic acids is 1. The molecule has 9 nitrogen and oxygen atoms in total. The van der Waals surface area contributed by atoms with E-state index in [0.29, 0.717) is 51.7 Å². The standard InChI is InChI=1S/C32H36FN7O2/c1-3-12-39-14-16-40(17-15-39)13-7-18-42-30-21-28-25(20-29(30)38-31(41)4-2)32(36-22-35-28)37-23-10-11-34-27(19-23)24-8-5-6-9-26(24)33/h4-6,8-11,19-22H,2-3,7,12-18H2,1H3,(H,38,41)(H,34,35,36,37). The Bertz CT molecular complexity index is 1540. The molecule has 218 valence electrons. The number of halogens is 1. The van der Waals surface area contributed by atoms with E-state index in [1.807, 2.05) is 6.07 Å². The Hall–Kier alpha value is -4.41. The van der Waals surface area contributed by atoms with Gasteiger partial charge in [-0.15, -0.1) is 0 Å². The summed E-state index contributed by atoms with van der Waals surface area (Å²) in [5.41, 5.74) is 2.73. The molecule has 1 aliphatic heterocycles. The topological polar surface area (TPSA) is 95.5 Å². The minimum absolute atomic E-state index is 0.348. The molecule has 0 spiro atoms. The number of hydrogen-bond donors (Lipinski definition) is 2. The predicted molar refractivity (Wildman–Crippen MR) is 165 cm³/mol. The van der Waals surface area contributed by atoms with E-state index in [1.54, 1.807) is 42.6 Å². The van der Waals surface area contributed by atoms with Gasteiger partial charge in [-0.05, 0) is 55.8 Å². The number of anilines is 3. The fourth-order valence-corrected chi connectivity index (χ4v) is 5.07. The lowest BCUT2D eigenvalue weighted by Crippen LogP contribution is -2.46. The summed E-state index contributed by atoms with van der Waals surface area (Å²) < 4.78 is 20.5. The Labute approximate surface area is 245 Å². The molecule has 0 atom stereocenters. The minimum atomic E-state index is -0.348. The van der Waals surface area contributed by atoms with Crippen LogP contribution in [0.15, 0.2) is 73.7 Å². The molecule has 0 aliphatic carbocycles. The third kappa shape index (κ3) is 7.26. The van der Waals surface area contributed by atoms with Gasteiger partial charge in [-0.3, -0.25) is 9.78 Å². The van der Waals surface area contributed by atoms with E-state index >= 15 is 0 Å². The third-order valence-corrected chi connectivity index (χ3v) is 7.23. The molecule has 2 aromatic carbocycles. The van der Waals surface area contributed by atoms with Gasteiger partial charge in [0.25, 0.3) is 0 Å². The Morgan fingerprint density at radius 3 is 2.60 bits per heavy atom. The summed E-state index contributed by atoms with van der Waals surface area (Å²) in [5.74, 6) is 0.355. The molecule has 10 heteroatoms. The molecule has 3 heterocycles. The second kappa shape index (κ2) is 14.0. The summed E-state index contributed by atoms with van der Waals surface area (Å²) in [4.78, 5) is 30.5. The zero-order chi connectivity index (χ0) is 29.3. The molecule has 1 fully saturated rings. The number of ether oxygens (including phenoxy) is 1. The summed E-state index contributed by atoms with van der Waals surface area (Å²) in [6, 6.07) is 13.6. The first-order valence-electron chi connectivity index (χ1n) is 14.3. The van der Waals surface area contributed by atoms with Crippen molar-refractivity contribution in [1.82, 2.24) is 24.8 Å². The van der Waals surface area contributed by atoms with Crippen molar-refractivity contribution < 1.29 is 13.9 Å². The van der Waals surface area contributed by atoms with Crippen molar-refractivity contribution in [3.05, 3.63) is 79.5 Å². The smallest absolute Gasteiger partial charge is 0.247 e. The molecule has 4 aromatic rings. The lowest BCUT2D eigenvalue weighted by molar-refractivity contribution is -0.111. The van der Waals surface area contributed by atoms with Crippen LogP contribution in [-0.4, -0.2) is 76.5 Å². The molecule has 1 saturated heterocycles. The number of pyridine rings is 1. The highest BCUT2D eigenvalue weighted by molar-refractivity contribution is 6.03. The molecule has 2 N–H and O–H groups in total. The van der Waals surface area contributed by atoms with Crippen LogP contribution < -0.4 is 15.4 Å². The van der Waals surface area contributed by atoms with Crippen LogP contribution in [0.3, 0.4) is 0 Å². The minimum Gasteiger partial charge on any atom is -0.491 e. The number of amides is 1. The van der Waals surface area contributed by atoms with E-state index in [0.717, 1.165) is 45.7 Å². The van der Waals surface area contributed by atoms with Crippen LogP contribution in [0.1, 0.15) is 19.8 Å². The highest BCUT2D eigenvalue weighted by Gasteiger charge is 2.17. The largest absolute Gasteiger partial charge is 0.491 e. The number of piperazine rings is 1. The van der Waals surface area contributed by atoms with Crippen LogP contribution in [-0.2, 0) is 4.79 Å². The van der Waals surface area contributed by atoms with Gasteiger partial charge in [-0.1, -0.05) is 25.6 Å². The monoisotopic (exact) mass is 569 g/mol. The molecule has 0 saturated carbocycles. The first-order chi connectivity index (χ1) is 20.5. The Morgan fingerprint density at radius 1 is 1.05 bits per heavy atom. The molecule has 2 aromatic heterocycles. The number of nitrogens with zero attached hydrogens (tertiary/aromatic N) is 5. The highest BCUT2D eigenvalue weighted by atomic mass is 19.1. The summed E-state index contributed by atoms with van der Waals surface area (Å²) in [6.45, 7) is 12.8. The first kappa shape index (κ1) is 29.1. The van der Waals surface area contributed by atoms with Crippen LogP contribution in [0.5, 0.6) is 5.75 Å². The van der Waals surface area contributed by atoms with Crippen molar-refractivity contribution in [1.29, 1.82) is 0 Å². The zero-order valence-electron chi connectivity index (χ0n) is 23.9. The number of aromatic nitrogens is 3. The maximum absolute atomic E-state index is 14.4. The molecule has 0 unspecified atom stereocenters. The lowest BCUT2D eigenvalue weighted by atomic mass is 10.1.